The predicted molar refractivity (Wildman–Crippen MR) is 114 cm³/mol. The second-order valence-corrected chi connectivity index (χ2v) is 8.06. The van der Waals surface area contributed by atoms with E-state index in [0.29, 0.717) is 11.5 Å². The van der Waals surface area contributed by atoms with Gasteiger partial charge in [-0.3, -0.25) is 14.6 Å². The molecule has 3 heterocycles. The molecule has 0 saturated carbocycles. The molecule has 156 valence electrons. The van der Waals surface area contributed by atoms with E-state index < -0.39 is 0 Å². The zero-order valence-corrected chi connectivity index (χ0v) is 17.5. The third kappa shape index (κ3) is 5.05. The highest BCUT2D eigenvalue weighted by molar-refractivity contribution is 7.13. The van der Waals surface area contributed by atoms with Gasteiger partial charge in [-0.15, -0.1) is 11.3 Å². The fraction of sp³-hybridized carbons (Fsp3) is 0.333. The van der Waals surface area contributed by atoms with Crippen molar-refractivity contribution in [2.75, 3.05) is 31.5 Å². The van der Waals surface area contributed by atoms with Gasteiger partial charge in [0.2, 0.25) is 5.91 Å². The number of nitrogens with one attached hydrogen (secondary N) is 1. The molecule has 1 N–H and O–H groups in total. The summed E-state index contributed by atoms with van der Waals surface area (Å²) in [6.07, 6.45) is 3.43. The summed E-state index contributed by atoms with van der Waals surface area (Å²) in [7, 11) is 0. The predicted octanol–water partition coefficient (Wildman–Crippen LogP) is 2.88. The molecule has 0 bridgehead atoms. The quantitative estimate of drug-likeness (QED) is 0.653. The van der Waals surface area contributed by atoms with E-state index in [1.165, 1.54) is 12.1 Å². The Morgan fingerprint density at radius 1 is 1.20 bits per heavy atom. The highest BCUT2D eigenvalue weighted by Crippen LogP contribution is 2.21. The van der Waals surface area contributed by atoms with Crippen LogP contribution in [-0.2, 0) is 11.3 Å². The van der Waals surface area contributed by atoms with E-state index in [-0.39, 0.29) is 17.8 Å². The normalized spacial score (nSPS) is 16.3. The van der Waals surface area contributed by atoms with Gasteiger partial charge in [-0.2, -0.15) is 0 Å². The molecule has 1 aliphatic heterocycles. The summed E-state index contributed by atoms with van der Waals surface area (Å²) >= 11 is 1.55. The molecule has 1 amide bonds. The van der Waals surface area contributed by atoms with Crippen molar-refractivity contribution in [3.05, 3.63) is 59.6 Å². The maximum atomic E-state index is 13.3. The van der Waals surface area contributed by atoms with E-state index in [1.807, 2.05) is 12.3 Å². The Labute approximate surface area is 178 Å². The minimum atomic E-state index is -0.363. The van der Waals surface area contributed by atoms with E-state index in [9.17, 15) is 9.18 Å². The van der Waals surface area contributed by atoms with E-state index in [2.05, 4.69) is 30.1 Å². The molecule has 1 saturated heterocycles. The number of piperazine rings is 1. The summed E-state index contributed by atoms with van der Waals surface area (Å²) in [5.74, 6) is 0.163. The molecular formula is C21H23FN6OS. The van der Waals surface area contributed by atoms with Gasteiger partial charge in [0.25, 0.3) is 0 Å². The maximum Gasteiger partial charge on any atom is 0.241 e. The number of carbonyl (C=O) groups excluding carboxylic acids is 1. The van der Waals surface area contributed by atoms with Crippen molar-refractivity contribution in [3.8, 4) is 10.8 Å². The molecule has 7 nitrogen and oxygen atoms in total. The van der Waals surface area contributed by atoms with Crippen LogP contribution in [0.5, 0.6) is 0 Å². The second kappa shape index (κ2) is 9.38. The van der Waals surface area contributed by atoms with Crippen LogP contribution in [0.1, 0.15) is 12.6 Å². The van der Waals surface area contributed by atoms with Crippen LogP contribution >= 0.6 is 11.3 Å². The lowest BCUT2D eigenvalue weighted by atomic mass is 10.2. The zero-order valence-electron chi connectivity index (χ0n) is 16.7. The smallest absolute Gasteiger partial charge is 0.241 e. The minimum absolute atomic E-state index is 0.124. The number of aromatic nitrogens is 3. The van der Waals surface area contributed by atoms with Crippen LogP contribution in [0.4, 0.5) is 10.1 Å². The number of carbonyl (C=O) groups is 1. The molecule has 3 aromatic rings. The van der Waals surface area contributed by atoms with Crippen molar-refractivity contribution in [3.63, 3.8) is 0 Å². The fourth-order valence-electron chi connectivity index (χ4n) is 3.41. The summed E-state index contributed by atoms with van der Waals surface area (Å²) < 4.78 is 13.3. The van der Waals surface area contributed by atoms with Crippen molar-refractivity contribution in [1.29, 1.82) is 0 Å². The number of nitrogens with zero attached hydrogens (tertiary/aromatic N) is 5. The highest BCUT2D eigenvalue weighted by Gasteiger charge is 2.26. The van der Waals surface area contributed by atoms with Gasteiger partial charge in [0.05, 0.1) is 11.7 Å². The Hall–Kier alpha value is -2.75. The second-order valence-electron chi connectivity index (χ2n) is 7.20. The molecule has 30 heavy (non-hydrogen) atoms. The first kappa shape index (κ1) is 20.5. The summed E-state index contributed by atoms with van der Waals surface area (Å²) in [5, 5.41) is 5.67. The van der Waals surface area contributed by atoms with E-state index in [4.69, 9.17) is 0 Å². The number of amides is 1. The zero-order chi connectivity index (χ0) is 20.9. The van der Waals surface area contributed by atoms with Crippen LogP contribution < -0.4 is 5.32 Å². The lowest BCUT2D eigenvalue weighted by molar-refractivity contribution is -0.121. The standard InChI is InChI=1S/C21H23FN6OS/c1-15(20(29)25-17-5-2-4-16(22)12-17)28-10-8-27(9-11-28)13-18-14-30-21(26-18)19-23-6-3-7-24-19/h2-7,12,14-15H,8-11,13H2,1H3,(H,25,29)/t15-/m0/s1. The minimum Gasteiger partial charge on any atom is -0.325 e. The largest absolute Gasteiger partial charge is 0.325 e. The van der Waals surface area contributed by atoms with Crippen molar-refractivity contribution >= 4 is 22.9 Å². The molecule has 1 atom stereocenters. The molecule has 2 aromatic heterocycles. The van der Waals surface area contributed by atoms with Gasteiger partial charge in [-0.1, -0.05) is 6.07 Å². The molecule has 0 radical (unpaired) electrons. The average Bonchev–Trinajstić information content (AvgIpc) is 3.23. The lowest BCUT2D eigenvalue weighted by Gasteiger charge is -2.37. The van der Waals surface area contributed by atoms with E-state index in [1.54, 1.807) is 41.9 Å². The summed E-state index contributed by atoms with van der Waals surface area (Å²) in [4.78, 5) is 30.2. The molecule has 1 aliphatic rings. The third-order valence-corrected chi connectivity index (χ3v) is 6.01. The molecule has 1 fully saturated rings. The fourth-order valence-corrected chi connectivity index (χ4v) is 4.16. The topological polar surface area (TPSA) is 74.2 Å². The van der Waals surface area contributed by atoms with Crippen molar-refractivity contribution in [1.82, 2.24) is 24.8 Å². The maximum absolute atomic E-state index is 13.3. The molecule has 9 heteroatoms. The Balaban J connectivity index is 1.27. The van der Waals surface area contributed by atoms with Crippen LogP contribution in [0.3, 0.4) is 0 Å². The first-order valence-corrected chi connectivity index (χ1v) is 10.7. The number of rotatable bonds is 6. The monoisotopic (exact) mass is 426 g/mol. The third-order valence-electron chi connectivity index (χ3n) is 5.12. The molecular weight excluding hydrogens is 403 g/mol. The molecule has 0 spiro atoms. The number of halogens is 1. The van der Waals surface area contributed by atoms with Crippen LogP contribution in [-0.4, -0.2) is 62.9 Å². The number of hydrogen-bond acceptors (Lipinski definition) is 7. The van der Waals surface area contributed by atoms with Crippen LogP contribution in [0.25, 0.3) is 10.8 Å². The van der Waals surface area contributed by atoms with Gasteiger partial charge < -0.3 is 5.32 Å². The molecule has 1 aromatic carbocycles. The lowest BCUT2D eigenvalue weighted by Crippen LogP contribution is -2.52. The Bertz CT molecular complexity index is 990. The summed E-state index contributed by atoms with van der Waals surface area (Å²) in [6.45, 7) is 5.93. The van der Waals surface area contributed by atoms with E-state index >= 15 is 0 Å². The van der Waals surface area contributed by atoms with Gasteiger partial charge in [0.15, 0.2) is 10.8 Å². The van der Waals surface area contributed by atoms with Crippen LogP contribution in [0.15, 0.2) is 48.1 Å². The highest BCUT2D eigenvalue weighted by atomic mass is 32.1. The van der Waals surface area contributed by atoms with Gasteiger partial charge in [0, 0.05) is 56.2 Å². The van der Waals surface area contributed by atoms with Crippen molar-refractivity contribution in [2.24, 2.45) is 0 Å². The summed E-state index contributed by atoms with van der Waals surface area (Å²) in [6, 6.07) is 7.46. The molecule has 0 aliphatic carbocycles. The first-order chi connectivity index (χ1) is 14.6. The van der Waals surface area contributed by atoms with Crippen LogP contribution in [0, 0.1) is 5.82 Å². The summed E-state index contributed by atoms with van der Waals surface area (Å²) in [5.41, 5.74) is 1.49. The Morgan fingerprint density at radius 3 is 2.70 bits per heavy atom. The van der Waals surface area contributed by atoms with Crippen molar-refractivity contribution < 1.29 is 9.18 Å². The SMILES string of the molecule is C[C@@H](C(=O)Nc1cccc(F)c1)N1CCN(Cc2csc(-c3ncccn3)n2)CC1. The van der Waals surface area contributed by atoms with E-state index in [0.717, 1.165) is 43.4 Å². The number of benzene rings is 1. The van der Waals surface area contributed by atoms with Gasteiger partial charge >= 0.3 is 0 Å². The number of thiazole rings is 1. The van der Waals surface area contributed by atoms with Gasteiger partial charge in [-0.25, -0.2) is 19.3 Å². The first-order valence-electron chi connectivity index (χ1n) is 9.83. The van der Waals surface area contributed by atoms with Gasteiger partial charge in [-0.05, 0) is 31.2 Å². The molecule has 0 unspecified atom stereocenters. The van der Waals surface area contributed by atoms with Gasteiger partial charge in [0.1, 0.15) is 5.82 Å². The van der Waals surface area contributed by atoms with Crippen molar-refractivity contribution in [2.45, 2.75) is 19.5 Å². The Morgan fingerprint density at radius 2 is 1.97 bits per heavy atom. The number of anilines is 1. The Kier molecular flexibility index (Phi) is 6.41. The van der Waals surface area contributed by atoms with Crippen LogP contribution in [0.2, 0.25) is 0 Å². The average molecular weight is 427 g/mol. The molecule has 4 rings (SSSR count). The number of hydrogen-bond donors (Lipinski definition) is 1.